The van der Waals surface area contributed by atoms with E-state index in [4.69, 9.17) is 4.74 Å². The summed E-state index contributed by atoms with van der Waals surface area (Å²) in [7, 11) is 0. The largest absolute Gasteiger partial charge is 0.416 e. The standard InChI is InChI=1S/C16H13F4NO/c17-13-6-4-10(5-7-13)14-15(22-9-21-14)11-2-1-3-12(8-11)16(18,19)20/h1-8,14-15,21H,9H2. The van der Waals surface area contributed by atoms with Crippen LogP contribution < -0.4 is 5.32 Å². The summed E-state index contributed by atoms with van der Waals surface area (Å²) in [5.41, 5.74) is 0.494. The summed E-state index contributed by atoms with van der Waals surface area (Å²) in [6, 6.07) is 10.6. The van der Waals surface area contributed by atoms with Gasteiger partial charge in [-0.25, -0.2) is 4.39 Å². The molecule has 0 aromatic heterocycles. The van der Waals surface area contributed by atoms with Crippen molar-refractivity contribution in [2.24, 2.45) is 0 Å². The van der Waals surface area contributed by atoms with Gasteiger partial charge in [-0.1, -0.05) is 24.3 Å². The Morgan fingerprint density at radius 1 is 1.00 bits per heavy atom. The van der Waals surface area contributed by atoms with Crippen LogP contribution in [0.5, 0.6) is 0 Å². The molecule has 2 aromatic rings. The maximum Gasteiger partial charge on any atom is 0.416 e. The first kappa shape index (κ1) is 15.0. The number of alkyl halides is 3. The van der Waals surface area contributed by atoms with Gasteiger partial charge in [-0.2, -0.15) is 13.2 Å². The van der Waals surface area contributed by atoms with Gasteiger partial charge < -0.3 is 4.74 Å². The average Bonchev–Trinajstić information content (AvgIpc) is 2.97. The Bertz CT molecular complexity index is 654. The summed E-state index contributed by atoms with van der Waals surface area (Å²) in [6.45, 7) is 0.225. The predicted molar refractivity (Wildman–Crippen MR) is 72.4 cm³/mol. The highest BCUT2D eigenvalue weighted by atomic mass is 19.4. The lowest BCUT2D eigenvalue weighted by molar-refractivity contribution is -0.137. The summed E-state index contributed by atoms with van der Waals surface area (Å²) >= 11 is 0. The van der Waals surface area contributed by atoms with E-state index >= 15 is 0 Å². The van der Waals surface area contributed by atoms with Crippen molar-refractivity contribution in [2.75, 3.05) is 6.73 Å². The first-order valence-electron chi connectivity index (χ1n) is 6.73. The third kappa shape index (κ3) is 2.98. The van der Waals surface area contributed by atoms with Crippen molar-refractivity contribution in [2.45, 2.75) is 18.3 Å². The zero-order valence-corrected chi connectivity index (χ0v) is 11.4. The van der Waals surface area contributed by atoms with Gasteiger partial charge in [-0.05, 0) is 35.4 Å². The minimum Gasteiger partial charge on any atom is -0.356 e. The molecule has 22 heavy (non-hydrogen) atoms. The fourth-order valence-electron chi connectivity index (χ4n) is 2.57. The zero-order valence-electron chi connectivity index (χ0n) is 11.4. The SMILES string of the molecule is Fc1ccc(C2NCOC2c2cccc(C(F)(F)F)c2)cc1. The monoisotopic (exact) mass is 311 g/mol. The Morgan fingerprint density at radius 2 is 1.73 bits per heavy atom. The lowest BCUT2D eigenvalue weighted by Crippen LogP contribution is -2.17. The van der Waals surface area contributed by atoms with Crippen molar-refractivity contribution >= 4 is 0 Å². The number of rotatable bonds is 2. The molecule has 2 aromatic carbocycles. The van der Waals surface area contributed by atoms with E-state index in [1.165, 1.54) is 18.2 Å². The van der Waals surface area contributed by atoms with Crippen LogP contribution in [0.3, 0.4) is 0 Å². The zero-order chi connectivity index (χ0) is 15.7. The summed E-state index contributed by atoms with van der Waals surface area (Å²) in [5, 5.41) is 3.07. The van der Waals surface area contributed by atoms with Crippen LogP contribution in [-0.2, 0) is 10.9 Å². The minimum absolute atomic E-state index is 0.225. The molecule has 1 aliphatic heterocycles. The van der Waals surface area contributed by atoms with Crippen molar-refractivity contribution in [3.8, 4) is 0 Å². The van der Waals surface area contributed by atoms with Crippen molar-refractivity contribution in [1.82, 2.24) is 5.32 Å². The number of hydrogen-bond acceptors (Lipinski definition) is 2. The molecule has 3 rings (SSSR count). The second-order valence-electron chi connectivity index (χ2n) is 5.09. The van der Waals surface area contributed by atoms with Gasteiger partial charge >= 0.3 is 6.18 Å². The number of halogens is 4. The van der Waals surface area contributed by atoms with E-state index in [2.05, 4.69) is 5.32 Å². The molecular weight excluding hydrogens is 298 g/mol. The summed E-state index contributed by atoms with van der Waals surface area (Å²) in [5.74, 6) is -0.363. The molecule has 1 heterocycles. The normalized spacial score (nSPS) is 22.0. The maximum atomic E-state index is 13.0. The van der Waals surface area contributed by atoms with Crippen LogP contribution in [0.15, 0.2) is 48.5 Å². The third-order valence-electron chi connectivity index (χ3n) is 3.64. The van der Waals surface area contributed by atoms with E-state index in [-0.39, 0.29) is 18.6 Å². The van der Waals surface area contributed by atoms with Gasteiger partial charge in [0.15, 0.2) is 0 Å². The molecule has 1 saturated heterocycles. The summed E-state index contributed by atoms with van der Waals surface area (Å²) in [6.07, 6.45) is -4.94. The van der Waals surface area contributed by atoms with E-state index in [9.17, 15) is 17.6 Å². The number of hydrogen-bond donors (Lipinski definition) is 1. The Morgan fingerprint density at radius 3 is 2.41 bits per heavy atom. The predicted octanol–water partition coefficient (Wildman–Crippen LogP) is 4.20. The Kier molecular flexibility index (Phi) is 3.88. The topological polar surface area (TPSA) is 21.3 Å². The van der Waals surface area contributed by atoms with E-state index in [0.717, 1.165) is 17.7 Å². The molecule has 0 bridgehead atoms. The first-order valence-corrected chi connectivity index (χ1v) is 6.73. The van der Waals surface area contributed by atoms with E-state index in [1.54, 1.807) is 18.2 Å². The van der Waals surface area contributed by atoms with E-state index in [1.807, 2.05) is 0 Å². The molecule has 2 atom stereocenters. The summed E-state index contributed by atoms with van der Waals surface area (Å²) < 4.78 is 57.0. The summed E-state index contributed by atoms with van der Waals surface area (Å²) in [4.78, 5) is 0. The molecule has 1 aliphatic rings. The highest BCUT2D eigenvalue weighted by Gasteiger charge is 2.34. The molecule has 0 radical (unpaired) electrons. The molecule has 0 aliphatic carbocycles. The van der Waals surface area contributed by atoms with Crippen molar-refractivity contribution in [3.63, 3.8) is 0 Å². The molecule has 6 heteroatoms. The van der Waals surface area contributed by atoms with Gasteiger partial charge in [0.05, 0.1) is 18.3 Å². The highest BCUT2D eigenvalue weighted by Crippen LogP contribution is 2.38. The van der Waals surface area contributed by atoms with Crippen LogP contribution in [0.4, 0.5) is 17.6 Å². The smallest absolute Gasteiger partial charge is 0.356 e. The molecule has 0 spiro atoms. The van der Waals surface area contributed by atoms with Crippen LogP contribution in [0, 0.1) is 5.82 Å². The number of ether oxygens (including phenoxy) is 1. The average molecular weight is 311 g/mol. The molecule has 2 unspecified atom stereocenters. The fraction of sp³-hybridized carbons (Fsp3) is 0.250. The molecule has 2 nitrogen and oxygen atoms in total. The van der Waals surface area contributed by atoms with Crippen LogP contribution in [-0.4, -0.2) is 6.73 Å². The Hall–Kier alpha value is -1.92. The van der Waals surface area contributed by atoms with Crippen LogP contribution in [0.2, 0.25) is 0 Å². The van der Waals surface area contributed by atoms with Crippen molar-refractivity contribution in [3.05, 3.63) is 71.0 Å². The maximum absolute atomic E-state index is 13.0. The molecular formula is C16H13F4NO. The fourth-order valence-corrected chi connectivity index (χ4v) is 2.57. The Labute approximate surface area is 124 Å². The Balaban J connectivity index is 1.92. The lowest BCUT2D eigenvalue weighted by atomic mass is 9.95. The quantitative estimate of drug-likeness (QED) is 0.839. The molecule has 1 fully saturated rings. The van der Waals surface area contributed by atoms with Gasteiger partial charge in [0.25, 0.3) is 0 Å². The van der Waals surface area contributed by atoms with Gasteiger partial charge in [-0.3, -0.25) is 5.32 Å². The van der Waals surface area contributed by atoms with Crippen LogP contribution in [0.25, 0.3) is 0 Å². The van der Waals surface area contributed by atoms with Crippen LogP contribution >= 0.6 is 0 Å². The highest BCUT2D eigenvalue weighted by molar-refractivity contribution is 5.31. The molecule has 1 N–H and O–H groups in total. The first-order chi connectivity index (χ1) is 10.4. The van der Waals surface area contributed by atoms with Crippen LogP contribution in [0.1, 0.15) is 28.8 Å². The number of benzene rings is 2. The second kappa shape index (κ2) is 5.70. The second-order valence-corrected chi connectivity index (χ2v) is 5.09. The molecule has 0 amide bonds. The van der Waals surface area contributed by atoms with Gasteiger partial charge in [0.2, 0.25) is 0 Å². The van der Waals surface area contributed by atoms with Crippen molar-refractivity contribution in [1.29, 1.82) is 0 Å². The lowest BCUT2D eigenvalue weighted by Gasteiger charge is -2.20. The minimum atomic E-state index is -4.40. The van der Waals surface area contributed by atoms with Crippen molar-refractivity contribution < 1.29 is 22.3 Å². The van der Waals surface area contributed by atoms with Gasteiger partial charge in [0, 0.05) is 0 Å². The molecule has 116 valence electrons. The van der Waals surface area contributed by atoms with E-state index in [0.29, 0.717) is 5.56 Å². The molecule has 0 saturated carbocycles. The van der Waals surface area contributed by atoms with E-state index < -0.39 is 17.8 Å². The third-order valence-corrected chi connectivity index (χ3v) is 3.64. The number of nitrogens with one attached hydrogen (secondary N) is 1. The van der Waals surface area contributed by atoms with Gasteiger partial charge in [-0.15, -0.1) is 0 Å². The van der Waals surface area contributed by atoms with Gasteiger partial charge in [0.1, 0.15) is 11.9 Å².